The predicted octanol–water partition coefficient (Wildman–Crippen LogP) is 1.31. The minimum absolute atomic E-state index is 0.167. The number of thiazole rings is 1. The third-order valence-electron chi connectivity index (χ3n) is 2.24. The van der Waals surface area contributed by atoms with Crippen molar-refractivity contribution in [2.24, 2.45) is 0 Å². The zero-order chi connectivity index (χ0) is 13.1. The van der Waals surface area contributed by atoms with Gasteiger partial charge in [0, 0.05) is 11.1 Å². The number of nitrogens with zero attached hydrogens (tertiary/aromatic N) is 3. The van der Waals surface area contributed by atoms with Gasteiger partial charge in [-0.05, 0) is 13.8 Å². The quantitative estimate of drug-likeness (QED) is 0.870. The van der Waals surface area contributed by atoms with Gasteiger partial charge in [0.25, 0.3) is 5.91 Å². The Morgan fingerprint density at radius 3 is 2.83 bits per heavy atom. The number of nitrogens with one attached hydrogen (secondary N) is 1. The zero-order valence-electron chi connectivity index (χ0n) is 10.0. The van der Waals surface area contributed by atoms with Crippen molar-refractivity contribution in [1.82, 2.24) is 20.3 Å². The van der Waals surface area contributed by atoms with E-state index in [9.17, 15) is 4.79 Å². The molecule has 0 radical (unpaired) electrons. The number of nitrogens with two attached hydrogens (primary N) is 1. The monoisotopic (exact) mass is 263 g/mol. The highest BCUT2D eigenvalue weighted by molar-refractivity contribution is 7.09. The van der Waals surface area contributed by atoms with Crippen LogP contribution in [-0.4, -0.2) is 20.9 Å². The van der Waals surface area contributed by atoms with Gasteiger partial charge in [-0.15, -0.1) is 11.3 Å². The minimum Gasteiger partial charge on any atom is -0.382 e. The summed E-state index contributed by atoms with van der Waals surface area (Å²) in [6, 6.07) is -0.167. The van der Waals surface area contributed by atoms with Crippen molar-refractivity contribution in [1.29, 1.82) is 0 Å². The van der Waals surface area contributed by atoms with Crippen LogP contribution in [0.1, 0.15) is 34.2 Å². The van der Waals surface area contributed by atoms with Gasteiger partial charge in [-0.25, -0.2) is 9.97 Å². The molecule has 0 aliphatic carbocycles. The first kappa shape index (κ1) is 12.4. The lowest BCUT2D eigenvalue weighted by Gasteiger charge is -2.10. The largest absolute Gasteiger partial charge is 0.382 e. The average molecular weight is 263 g/mol. The summed E-state index contributed by atoms with van der Waals surface area (Å²) in [5.41, 5.74) is 6.63. The lowest BCUT2D eigenvalue weighted by molar-refractivity contribution is 0.0934. The second-order valence-electron chi connectivity index (χ2n) is 3.85. The number of amides is 1. The molecule has 6 nitrogen and oxygen atoms in total. The Hall–Kier alpha value is -2.02. The molecule has 1 unspecified atom stereocenters. The van der Waals surface area contributed by atoms with Crippen molar-refractivity contribution in [3.63, 3.8) is 0 Å². The molecule has 0 saturated carbocycles. The van der Waals surface area contributed by atoms with Gasteiger partial charge in [-0.1, -0.05) is 0 Å². The highest BCUT2D eigenvalue weighted by Gasteiger charge is 2.15. The van der Waals surface area contributed by atoms with Gasteiger partial charge in [-0.3, -0.25) is 9.78 Å². The first-order chi connectivity index (χ1) is 8.56. The number of carbonyl (C=O) groups is 1. The van der Waals surface area contributed by atoms with E-state index in [4.69, 9.17) is 5.73 Å². The van der Waals surface area contributed by atoms with E-state index in [1.54, 1.807) is 0 Å². The summed E-state index contributed by atoms with van der Waals surface area (Å²) in [5, 5.41) is 5.61. The standard InChI is InChI=1S/C11H13N5OS/c1-6-5-18-11(14-6)7(2)15-10(17)8-3-13-4-9(12)16-8/h3-5,7H,1-2H3,(H2,12,16)(H,15,17). The first-order valence-corrected chi connectivity index (χ1v) is 6.24. The Balaban J connectivity index is 2.08. The molecular formula is C11H13N5OS. The Labute approximate surface area is 108 Å². The highest BCUT2D eigenvalue weighted by Crippen LogP contribution is 2.17. The Morgan fingerprint density at radius 1 is 1.44 bits per heavy atom. The van der Waals surface area contributed by atoms with E-state index in [1.165, 1.54) is 23.7 Å². The maximum Gasteiger partial charge on any atom is 0.272 e. The SMILES string of the molecule is Cc1csc(C(C)NC(=O)c2cncc(N)n2)n1. The first-order valence-electron chi connectivity index (χ1n) is 5.36. The fourth-order valence-electron chi connectivity index (χ4n) is 1.39. The zero-order valence-corrected chi connectivity index (χ0v) is 10.9. The molecule has 1 amide bonds. The van der Waals surface area contributed by atoms with Crippen molar-refractivity contribution in [2.45, 2.75) is 19.9 Å². The van der Waals surface area contributed by atoms with Gasteiger partial charge >= 0.3 is 0 Å². The van der Waals surface area contributed by atoms with Crippen LogP contribution in [0.3, 0.4) is 0 Å². The number of hydrogen-bond donors (Lipinski definition) is 2. The molecule has 0 aliphatic rings. The summed E-state index contributed by atoms with van der Waals surface area (Å²) in [7, 11) is 0. The third kappa shape index (κ3) is 2.80. The predicted molar refractivity (Wildman–Crippen MR) is 69.2 cm³/mol. The fourth-order valence-corrected chi connectivity index (χ4v) is 2.20. The number of rotatable bonds is 3. The summed E-state index contributed by atoms with van der Waals surface area (Å²) < 4.78 is 0. The molecule has 2 rings (SSSR count). The highest BCUT2D eigenvalue weighted by atomic mass is 32.1. The molecule has 0 saturated heterocycles. The maximum absolute atomic E-state index is 11.9. The average Bonchev–Trinajstić information content (AvgIpc) is 2.76. The molecular weight excluding hydrogens is 250 g/mol. The summed E-state index contributed by atoms with van der Waals surface area (Å²) in [5.74, 6) is -0.0875. The Morgan fingerprint density at radius 2 is 2.22 bits per heavy atom. The second-order valence-corrected chi connectivity index (χ2v) is 4.74. The molecule has 0 fully saturated rings. The summed E-state index contributed by atoms with van der Waals surface area (Å²) >= 11 is 1.51. The summed E-state index contributed by atoms with van der Waals surface area (Å²) in [4.78, 5) is 24.0. The van der Waals surface area contributed by atoms with Crippen LogP contribution in [0.15, 0.2) is 17.8 Å². The maximum atomic E-state index is 11.9. The fraction of sp³-hybridized carbons (Fsp3) is 0.273. The lowest BCUT2D eigenvalue weighted by Crippen LogP contribution is -2.27. The van der Waals surface area contributed by atoms with Crippen LogP contribution in [0.4, 0.5) is 5.82 Å². The molecule has 2 heterocycles. The Bertz CT molecular complexity index is 568. The van der Waals surface area contributed by atoms with Gasteiger partial charge in [0.1, 0.15) is 16.5 Å². The van der Waals surface area contributed by atoms with Crippen LogP contribution in [0, 0.1) is 6.92 Å². The molecule has 2 aromatic heterocycles. The van der Waals surface area contributed by atoms with Crippen LogP contribution in [0.5, 0.6) is 0 Å². The topological polar surface area (TPSA) is 93.8 Å². The van der Waals surface area contributed by atoms with Gasteiger partial charge in [0.05, 0.1) is 18.4 Å². The van der Waals surface area contributed by atoms with Crippen molar-refractivity contribution in [3.8, 4) is 0 Å². The van der Waals surface area contributed by atoms with Gasteiger partial charge < -0.3 is 11.1 Å². The molecule has 2 aromatic rings. The molecule has 1 atom stereocenters. The molecule has 18 heavy (non-hydrogen) atoms. The van der Waals surface area contributed by atoms with E-state index in [0.717, 1.165) is 10.7 Å². The summed E-state index contributed by atoms with van der Waals surface area (Å²) in [6.45, 7) is 3.79. The molecule has 94 valence electrons. The normalized spacial score (nSPS) is 12.1. The van der Waals surface area contributed by atoms with Gasteiger partial charge in [0.15, 0.2) is 0 Å². The summed E-state index contributed by atoms with van der Waals surface area (Å²) in [6.07, 6.45) is 2.77. The van der Waals surface area contributed by atoms with Crippen LogP contribution in [0.2, 0.25) is 0 Å². The van der Waals surface area contributed by atoms with Crippen molar-refractivity contribution in [3.05, 3.63) is 34.2 Å². The molecule has 7 heteroatoms. The molecule has 0 spiro atoms. The van der Waals surface area contributed by atoms with E-state index >= 15 is 0 Å². The van der Waals surface area contributed by atoms with Crippen LogP contribution >= 0.6 is 11.3 Å². The number of aromatic nitrogens is 3. The number of carbonyl (C=O) groups excluding carboxylic acids is 1. The van der Waals surface area contributed by atoms with E-state index in [-0.39, 0.29) is 23.5 Å². The van der Waals surface area contributed by atoms with Crippen molar-refractivity contribution >= 4 is 23.1 Å². The van der Waals surface area contributed by atoms with Crippen molar-refractivity contribution in [2.75, 3.05) is 5.73 Å². The van der Waals surface area contributed by atoms with E-state index in [1.807, 2.05) is 19.2 Å². The number of aryl methyl sites for hydroxylation is 1. The van der Waals surface area contributed by atoms with Crippen molar-refractivity contribution < 1.29 is 4.79 Å². The van der Waals surface area contributed by atoms with Gasteiger partial charge in [-0.2, -0.15) is 0 Å². The van der Waals surface area contributed by atoms with E-state index in [0.29, 0.717) is 0 Å². The van der Waals surface area contributed by atoms with Gasteiger partial charge in [0.2, 0.25) is 0 Å². The second kappa shape index (κ2) is 5.09. The number of nitrogen functional groups attached to an aromatic ring is 1. The third-order valence-corrected chi connectivity index (χ3v) is 3.39. The number of anilines is 1. The Kier molecular flexibility index (Phi) is 3.52. The molecule has 0 aliphatic heterocycles. The lowest BCUT2D eigenvalue weighted by atomic mass is 10.3. The van der Waals surface area contributed by atoms with Crippen LogP contribution < -0.4 is 11.1 Å². The minimum atomic E-state index is -0.310. The van der Waals surface area contributed by atoms with E-state index in [2.05, 4.69) is 20.3 Å². The smallest absolute Gasteiger partial charge is 0.272 e. The van der Waals surface area contributed by atoms with Crippen LogP contribution in [0.25, 0.3) is 0 Å². The van der Waals surface area contributed by atoms with Crippen LogP contribution in [-0.2, 0) is 0 Å². The molecule has 0 aromatic carbocycles. The molecule has 3 N–H and O–H groups in total. The molecule has 0 bridgehead atoms. The number of hydrogen-bond acceptors (Lipinski definition) is 6. The van der Waals surface area contributed by atoms with E-state index < -0.39 is 0 Å².